The highest BCUT2D eigenvalue weighted by Crippen LogP contribution is 2.29. The lowest BCUT2D eigenvalue weighted by Crippen LogP contribution is -2.47. The first-order valence-electron chi connectivity index (χ1n) is 7.73. The fourth-order valence-electron chi connectivity index (χ4n) is 2.41. The highest BCUT2D eigenvalue weighted by molar-refractivity contribution is 8.02. The van der Waals surface area contributed by atoms with Gasteiger partial charge in [0.1, 0.15) is 4.88 Å². The molecule has 1 aromatic rings. The van der Waals surface area contributed by atoms with Crippen molar-refractivity contribution in [3.8, 4) is 0 Å². The molecule has 1 aliphatic heterocycles. The molecule has 0 saturated carbocycles. The van der Waals surface area contributed by atoms with Gasteiger partial charge in [-0.25, -0.2) is 4.79 Å². The van der Waals surface area contributed by atoms with Crippen LogP contribution >= 0.6 is 23.1 Å². The monoisotopic (exact) mass is 371 g/mol. The number of hydrogen-bond donors (Lipinski definition) is 1. The number of ether oxygens (including phenoxy) is 2. The van der Waals surface area contributed by atoms with Gasteiger partial charge in [-0.3, -0.25) is 9.59 Å². The molecular formula is C16H21NO5S2. The topological polar surface area (TPSA) is 81.7 Å². The van der Waals surface area contributed by atoms with Crippen molar-refractivity contribution >= 4 is 40.9 Å². The van der Waals surface area contributed by atoms with Gasteiger partial charge in [0.2, 0.25) is 5.91 Å². The zero-order valence-electron chi connectivity index (χ0n) is 13.9. The number of carbonyl (C=O) groups excluding carboxylic acids is 3. The molecule has 1 amide bonds. The van der Waals surface area contributed by atoms with Gasteiger partial charge in [0.15, 0.2) is 5.25 Å². The van der Waals surface area contributed by atoms with Gasteiger partial charge in [-0.1, -0.05) is 0 Å². The van der Waals surface area contributed by atoms with E-state index >= 15 is 0 Å². The second-order valence-corrected chi connectivity index (χ2v) is 7.93. The van der Waals surface area contributed by atoms with Crippen molar-refractivity contribution in [2.24, 2.45) is 0 Å². The predicted molar refractivity (Wildman–Crippen MR) is 93.5 cm³/mol. The molecule has 24 heavy (non-hydrogen) atoms. The van der Waals surface area contributed by atoms with Gasteiger partial charge >= 0.3 is 11.9 Å². The summed E-state index contributed by atoms with van der Waals surface area (Å²) in [7, 11) is 1.28. The Morgan fingerprint density at radius 1 is 1.42 bits per heavy atom. The molecule has 2 heterocycles. The number of amides is 1. The fourth-order valence-corrected chi connectivity index (χ4v) is 4.73. The fraction of sp³-hybridized carbons (Fsp3) is 0.562. The molecular weight excluding hydrogens is 350 g/mol. The van der Waals surface area contributed by atoms with Gasteiger partial charge in [-0.15, -0.1) is 23.1 Å². The Bertz CT molecular complexity index is 620. The summed E-state index contributed by atoms with van der Waals surface area (Å²) in [5.74, 6) is -1.10. The van der Waals surface area contributed by atoms with Crippen LogP contribution in [0.25, 0.3) is 0 Å². The Kier molecular flexibility index (Phi) is 6.68. The summed E-state index contributed by atoms with van der Waals surface area (Å²) in [5.41, 5.74) is 1.07. The minimum Gasteiger partial charge on any atom is -0.468 e. The first-order chi connectivity index (χ1) is 11.5. The van der Waals surface area contributed by atoms with Crippen LogP contribution < -0.4 is 5.32 Å². The van der Waals surface area contributed by atoms with Crippen LogP contribution in [0.5, 0.6) is 0 Å². The predicted octanol–water partition coefficient (Wildman–Crippen LogP) is 1.94. The number of hydrogen-bond acceptors (Lipinski definition) is 7. The minimum atomic E-state index is -0.798. The van der Waals surface area contributed by atoms with Gasteiger partial charge in [0, 0.05) is 16.7 Å². The average Bonchev–Trinajstić information content (AvgIpc) is 2.94. The quantitative estimate of drug-likeness (QED) is 0.608. The van der Waals surface area contributed by atoms with Crippen LogP contribution in [0.1, 0.15) is 33.5 Å². The van der Waals surface area contributed by atoms with Crippen molar-refractivity contribution in [2.75, 3.05) is 20.3 Å². The first kappa shape index (κ1) is 18.8. The number of thiophene rings is 1. The molecule has 6 nitrogen and oxygen atoms in total. The van der Waals surface area contributed by atoms with Crippen LogP contribution in [0.3, 0.4) is 0 Å². The van der Waals surface area contributed by atoms with Gasteiger partial charge in [-0.05, 0) is 38.3 Å². The molecule has 8 heteroatoms. The third kappa shape index (κ3) is 4.51. The molecule has 0 radical (unpaired) electrons. The Balaban J connectivity index is 1.95. The lowest BCUT2D eigenvalue weighted by molar-refractivity contribution is -0.143. The van der Waals surface area contributed by atoms with E-state index in [0.29, 0.717) is 18.0 Å². The zero-order chi connectivity index (χ0) is 17.7. The average molecular weight is 371 g/mol. The number of esters is 2. The van der Waals surface area contributed by atoms with Crippen LogP contribution in [0, 0.1) is 6.92 Å². The summed E-state index contributed by atoms with van der Waals surface area (Å²) in [6, 6.07) is 1.85. The highest BCUT2D eigenvalue weighted by Gasteiger charge is 2.35. The van der Waals surface area contributed by atoms with E-state index in [1.54, 1.807) is 6.92 Å². The van der Waals surface area contributed by atoms with E-state index < -0.39 is 11.2 Å². The van der Waals surface area contributed by atoms with E-state index in [4.69, 9.17) is 4.74 Å². The molecule has 0 aromatic carbocycles. The molecule has 0 bridgehead atoms. The number of methoxy groups -OCH3 is 1. The van der Waals surface area contributed by atoms with Crippen molar-refractivity contribution in [3.05, 3.63) is 21.4 Å². The lowest BCUT2D eigenvalue weighted by Gasteiger charge is -2.27. The van der Waals surface area contributed by atoms with Crippen LogP contribution in [0.2, 0.25) is 0 Å². The van der Waals surface area contributed by atoms with Gasteiger partial charge in [0.25, 0.3) is 0 Å². The molecule has 1 aliphatic rings. The van der Waals surface area contributed by atoms with E-state index in [-0.39, 0.29) is 17.1 Å². The van der Waals surface area contributed by atoms with E-state index in [9.17, 15) is 14.4 Å². The van der Waals surface area contributed by atoms with Crippen LogP contribution in [-0.2, 0) is 25.5 Å². The number of rotatable bonds is 6. The van der Waals surface area contributed by atoms with Crippen LogP contribution in [-0.4, -0.2) is 48.6 Å². The van der Waals surface area contributed by atoms with E-state index in [1.807, 2.05) is 13.0 Å². The Morgan fingerprint density at radius 3 is 2.83 bits per heavy atom. The van der Waals surface area contributed by atoms with Gasteiger partial charge < -0.3 is 14.8 Å². The summed E-state index contributed by atoms with van der Waals surface area (Å²) in [6.07, 6.45) is 1.60. The van der Waals surface area contributed by atoms with E-state index in [2.05, 4.69) is 10.1 Å². The zero-order valence-corrected chi connectivity index (χ0v) is 15.6. The smallest absolute Gasteiger partial charge is 0.348 e. The molecule has 1 N–H and O–H groups in total. The summed E-state index contributed by atoms with van der Waals surface area (Å²) in [5, 5.41) is 2.10. The van der Waals surface area contributed by atoms with Gasteiger partial charge in [0.05, 0.1) is 13.7 Å². The number of nitrogens with one attached hydrogen (secondary N) is 1. The molecule has 1 unspecified atom stereocenters. The van der Waals surface area contributed by atoms with Crippen LogP contribution in [0.15, 0.2) is 6.07 Å². The molecule has 2 atom stereocenters. The summed E-state index contributed by atoms with van der Waals surface area (Å²) < 4.78 is 9.70. The molecule has 1 fully saturated rings. The number of thioether (sulfide) groups is 1. The minimum absolute atomic E-state index is 0.138. The summed E-state index contributed by atoms with van der Waals surface area (Å²) in [6.45, 7) is 4.65. The standard InChI is InChI=1S/C16H21NO5S2/c1-4-22-15(19)12-7-9(2)11(24-12)6-5-10-8-17-14(18)13(23-10)16(20)21-3/h7,10,13H,4-6,8H2,1-3H3,(H,17,18)/t10-,13?/m1/s1. The maximum Gasteiger partial charge on any atom is 0.348 e. The van der Waals surface area contributed by atoms with Crippen LogP contribution in [0.4, 0.5) is 0 Å². The third-order valence-corrected chi connectivity index (χ3v) is 6.42. The number of carbonyl (C=O) groups is 3. The first-order valence-corrected chi connectivity index (χ1v) is 9.49. The molecule has 2 rings (SSSR count). The Morgan fingerprint density at radius 2 is 2.17 bits per heavy atom. The SMILES string of the molecule is CCOC(=O)c1cc(C)c(CC[C@@H]2CNC(=O)C(C(=O)OC)S2)s1. The maximum atomic E-state index is 11.8. The largest absolute Gasteiger partial charge is 0.468 e. The summed E-state index contributed by atoms with van der Waals surface area (Å²) >= 11 is 2.79. The molecule has 0 aliphatic carbocycles. The maximum absolute atomic E-state index is 11.8. The van der Waals surface area contributed by atoms with E-state index in [1.165, 1.54) is 30.2 Å². The van der Waals surface area contributed by atoms with Gasteiger partial charge in [-0.2, -0.15) is 0 Å². The third-order valence-electron chi connectivity index (χ3n) is 3.68. The van der Waals surface area contributed by atoms with Crippen molar-refractivity contribution in [1.29, 1.82) is 0 Å². The molecule has 132 valence electrons. The van der Waals surface area contributed by atoms with Crippen molar-refractivity contribution in [1.82, 2.24) is 5.32 Å². The Labute approximate surface area is 149 Å². The van der Waals surface area contributed by atoms with Crippen molar-refractivity contribution in [2.45, 2.75) is 37.2 Å². The van der Waals surface area contributed by atoms with Crippen molar-refractivity contribution in [3.63, 3.8) is 0 Å². The lowest BCUT2D eigenvalue weighted by atomic mass is 10.1. The molecule has 1 saturated heterocycles. The van der Waals surface area contributed by atoms with E-state index in [0.717, 1.165) is 23.3 Å². The number of aryl methyl sites for hydroxylation is 2. The highest BCUT2D eigenvalue weighted by atomic mass is 32.2. The van der Waals surface area contributed by atoms with Crippen molar-refractivity contribution < 1.29 is 23.9 Å². The normalized spacial score (nSPS) is 20.4. The second-order valence-electron chi connectivity index (χ2n) is 5.38. The summed E-state index contributed by atoms with van der Waals surface area (Å²) in [4.78, 5) is 36.9. The molecule has 0 spiro atoms. The molecule has 1 aromatic heterocycles. The Hall–Kier alpha value is -1.54. The second kappa shape index (κ2) is 8.53.